The highest BCUT2D eigenvalue weighted by Crippen LogP contribution is 2.20. The minimum absolute atomic E-state index is 0.297. The second kappa shape index (κ2) is 4.41. The van der Waals surface area contributed by atoms with Crippen LogP contribution in [0.5, 0.6) is 0 Å². The lowest BCUT2D eigenvalue weighted by Crippen LogP contribution is -1.98. The summed E-state index contributed by atoms with van der Waals surface area (Å²) in [6.07, 6.45) is 0.678. The first-order valence-electron chi connectivity index (χ1n) is 5.17. The maximum absolute atomic E-state index is 13.0. The molecule has 0 radical (unpaired) electrons. The molecule has 2 aromatic rings. The van der Waals surface area contributed by atoms with E-state index in [1.807, 2.05) is 0 Å². The lowest BCUT2D eigenvalue weighted by Gasteiger charge is -2.06. The number of aldehydes is 1. The van der Waals surface area contributed by atoms with Crippen LogP contribution >= 0.6 is 0 Å². The Balaban J connectivity index is 2.59. The van der Waals surface area contributed by atoms with Crippen LogP contribution in [0.4, 0.5) is 4.39 Å². The van der Waals surface area contributed by atoms with Crippen LogP contribution in [0.25, 0.3) is 11.4 Å². The van der Waals surface area contributed by atoms with E-state index in [2.05, 4.69) is 9.97 Å². The molecule has 0 saturated carbocycles. The monoisotopic (exact) mass is 230 g/mol. The highest BCUT2D eigenvalue weighted by Gasteiger charge is 2.08. The number of hydrogen-bond acceptors (Lipinski definition) is 3. The van der Waals surface area contributed by atoms with Crippen LogP contribution in [0.1, 0.15) is 21.7 Å². The molecule has 17 heavy (non-hydrogen) atoms. The predicted octanol–water partition coefficient (Wildman–Crippen LogP) is 2.71. The lowest BCUT2D eigenvalue weighted by atomic mass is 10.1. The third-order valence-electron chi connectivity index (χ3n) is 2.42. The van der Waals surface area contributed by atoms with E-state index in [4.69, 9.17) is 0 Å². The van der Waals surface area contributed by atoms with Crippen molar-refractivity contribution in [1.82, 2.24) is 9.97 Å². The molecule has 1 aromatic carbocycles. The maximum atomic E-state index is 13.0. The Morgan fingerprint density at radius 2 is 1.94 bits per heavy atom. The average molecular weight is 230 g/mol. The van der Waals surface area contributed by atoms with E-state index in [9.17, 15) is 9.18 Å². The topological polar surface area (TPSA) is 42.9 Å². The molecule has 0 amide bonds. The smallest absolute Gasteiger partial charge is 0.168 e. The number of nitrogens with zero attached hydrogens (tertiary/aromatic N) is 2. The molecular weight excluding hydrogens is 219 g/mol. The van der Waals surface area contributed by atoms with Gasteiger partial charge in [-0.2, -0.15) is 0 Å². The first kappa shape index (κ1) is 11.4. The van der Waals surface area contributed by atoms with Crippen LogP contribution < -0.4 is 0 Å². The molecule has 1 aromatic heterocycles. The van der Waals surface area contributed by atoms with E-state index >= 15 is 0 Å². The highest BCUT2D eigenvalue weighted by atomic mass is 19.1. The fourth-order valence-corrected chi connectivity index (χ4v) is 1.65. The Morgan fingerprint density at radius 3 is 2.59 bits per heavy atom. The van der Waals surface area contributed by atoms with Crippen LogP contribution in [0.15, 0.2) is 24.3 Å². The molecule has 0 fully saturated rings. The minimum Gasteiger partial charge on any atom is -0.296 e. The summed E-state index contributed by atoms with van der Waals surface area (Å²) < 4.78 is 13.0. The number of aromatic nitrogens is 2. The van der Waals surface area contributed by atoms with Crippen molar-refractivity contribution in [1.29, 1.82) is 0 Å². The van der Waals surface area contributed by atoms with Crippen LogP contribution in [-0.2, 0) is 0 Å². The molecule has 0 atom stereocenters. The molecule has 0 aliphatic rings. The Kier molecular flexibility index (Phi) is 2.95. The van der Waals surface area contributed by atoms with Gasteiger partial charge in [-0.3, -0.25) is 4.79 Å². The van der Waals surface area contributed by atoms with Crippen molar-refractivity contribution in [3.8, 4) is 11.4 Å². The fraction of sp³-hybridized carbons (Fsp3) is 0.154. The summed E-state index contributed by atoms with van der Waals surface area (Å²) in [5.74, 6) is 0.152. The molecule has 1 heterocycles. The molecule has 3 nitrogen and oxygen atoms in total. The molecule has 86 valence electrons. The first-order chi connectivity index (χ1) is 8.10. The van der Waals surface area contributed by atoms with E-state index in [1.165, 1.54) is 12.1 Å². The molecule has 0 aliphatic heterocycles. The summed E-state index contributed by atoms with van der Waals surface area (Å²) >= 11 is 0. The molecule has 2 rings (SSSR count). The number of halogens is 1. The number of benzene rings is 1. The number of carbonyl (C=O) groups excluding carboxylic acids is 1. The van der Waals surface area contributed by atoms with Gasteiger partial charge in [-0.05, 0) is 43.7 Å². The molecule has 0 N–H and O–H groups in total. The fourth-order valence-electron chi connectivity index (χ4n) is 1.65. The van der Waals surface area contributed by atoms with E-state index in [-0.39, 0.29) is 5.82 Å². The van der Waals surface area contributed by atoms with Crippen molar-refractivity contribution in [3.05, 3.63) is 47.0 Å². The maximum Gasteiger partial charge on any atom is 0.168 e. The van der Waals surface area contributed by atoms with Crippen molar-refractivity contribution < 1.29 is 9.18 Å². The molecule has 4 heteroatoms. The van der Waals surface area contributed by atoms with Gasteiger partial charge < -0.3 is 0 Å². The van der Waals surface area contributed by atoms with Gasteiger partial charge in [-0.15, -0.1) is 0 Å². The van der Waals surface area contributed by atoms with Gasteiger partial charge in [-0.1, -0.05) is 0 Å². The van der Waals surface area contributed by atoms with Gasteiger partial charge in [0.15, 0.2) is 12.1 Å². The molecule has 0 saturated heterocycles. The number of carbonyl (C=O) groups is 1. The number of hydrogen-bond donors (Lipinski definition) is 0. The van der Waals surface area contributed by atoms with Gasteiger partial charge in [0.2, 0.25) is 0 Å². The van der Waals surface area contributed by atoms with E-state index < -0.39 is 0 Å². The van der Waals surface area contributed by atoms with Gasteiger partial charge in [0.05, 0.1) is 0 Å². The van der Waals surface area contributed by atoms with E-state index in [1.54, 1.807) is 26.0 Å². The van der Waals surface area contributed by atoms with Crippen molar-refractivity contribution >= 4 is 6.29 Å². The number of aryl methyl sites for hydroxylation is 2. The van der Waals surface area contributed by atoms with Gasteiger partial charge in [0.25, 0.3) is 0 Å². The van der Waals surface area contributed by atoms with Crippen LogP contribution in [0.2, 0.25) is 0 Å². The van der Waals surface area contributed by atoms with E-state index in [0.717, 1.165) is 11.1 Å². The second-order valence-corrected chi connectivity index (χ2v) is 3.83. The lowest BCUT2D eigenvalue weighted by molar-refractivity contribution is 0.111. The summed E-state index contributed by atoms with van der Waals surface area (Å²) in [5, 5.41) is 0. The standard InChI is InChI=1S/C13H11FN2O/c1-8-5-10(14)3-4-12(8)13-15-9(2)6-11(7-17)16-13/h3-7H,1-2H3. The summed E-state index contributed by atoms with van der Waals surface area (Å²) in [5.41, 5.74) is 2.52. The first-order valence-corrected chi connectivity index (χ1v) is 5.17. The Hall–Kier alpha value is -2.10. The van der Waals surface area contributed by atoms with Gasteiger partial charge in [0, 0.05) is 11.3 Å². The number of rotatable bonds is 2. The van der Waals surface area contributed by atoms with Gasteiger partial charge >= 0.3 is 0 Å². The van der Waals surface area contributed by atoms with Gasteiger partial charge in [-0.25, -0.2) is 14.4 Å². The van der Waals surface area contributed by atoms with Crippen molar-refractivity contribution in [3.63, 3.8) is 0 Å². The van der Waals surface area contributed by atoms with Crippen molar-refractivity contribution in [2.75, 3.05) is 0 Å². The Bertz CT molecular complexity index is 582. The molecular formula is C13H11FN2O. The predicted molar refractivity (Wildman–Crippen MR) is 62.3 cm³/mol. The molecule has 0 unspecified atom stereocenters. The Morgan fingerprint density at radius 1 is 1.18 bits per heavy atom. The van der Waals surface area contributed by atoms with Crippen LogP contribution in [0.3, 0.4) is 0 Å². The zero-order chi connectivity index (χ0) is 12.4. The second-order valence-electron chi connectivity index (χ2n) is 3.83. The van der Waals surface area contributed by atoms with Crippen molar-refractivity contribution in [2.24, 2.45) is 0 Å². The largest absolute Gasteiger partial charge is 0.296 e. The highest BCUT2D eigenvalue weighted by molar-refractivity contribution is 5.73. The SMILES string of the molecule is Cc1cc(C=O)nc(-c2ccc(F)cc2C)n1. The summed E-state index contributed by atoms with van der Waals surface area (Å²) in [6.45, 7) is 3.57. The molecule has 0 bridgehead atoms. The van der Waals surface area contributed by atoms with E-state index in [0.29, 0.717) is 23.5 Å². The third kappa shape index (κ3) is 2.36. The third-order valence-corrected chi connectivity index (χ3v) is 2.42. The zero-order valence-corrected chi connectivity index (χ0v) is 9.57. The quantitative estimate of drug-likeness (QED) is 0.745. The van der Waals surface area contributed by atoms with Gasteiger partial charge in [0.1, 0.15) is 11.5 Å². The zero-order valence-electron chi connectivity index (χ0n) is 9.57. The summed E-state index contributed by atoms with van der Waals surface area (Å²) in [6, 6.07) is 6.00. The summed E-state index contributed by atoms with van der Waals surface area (Å²) in [4.78, 5) is 19.1. The van der Waals surface area contributed by atoms with Crippen molar-refractivity contribution in [2.45, 2.75) is 13.8 Å². The Labute approximate surface area is 98.3 Å². The molecule has 0 aliphatic carbocycles. The van der Waals surface area contributed by atoms with Crippen LogP contribution in [0, 0.1) is 19.7 Å². The summed E-state index contributed by atoms with van der Waals surface area (Å²) in [7, 11) is 0. The molecule has 0 spiro atoms. The van der Waals surface area contributed by atoms with Crippen LogP contribution in [-0.4, -0.2) is 16.3 Å². The minimum atomic E-state index is -0.297. The normalized spacial score (nSPS) is 10.3. The average Bonchev–Trinajstić information content (AvgIpc) is 2.28.